The summed E-state index contributed by atoms with van der Waals surface area (Å²) < 4.78 is 10.6. The number of carbonyl (C=O) groups is 3. The predicted molar refractivity (Wildman–Crippen MR) is 116 cm³/mol. The Morgan fingerprint density at radius 2 is 1.65 bits per heavy atom. The number of likely N-dealkylation sites (tertiary alicyclic amines) is 1. The summed E-state index contributed by atoms with van der Waals surface area (Å²) in [5, 5.41) is 0. The van der Waals surface area contributed by atoms with Crippen LogP contribution in [0.3, 0.4) is 0 Å². The fourth-order valence-electron chi connectivity index (χ4n) is 4.48. The molecule has 7 nitrogen and oxygen atoms in total. The second kappa shape index (κ2) is 9.54. The van der Waals surface area contributed by atoms with E-state index < -0.39 is 6.04 Å². The van der Waals surface area contributed by atoms with Crippen LogP contribution in [0.25, 0.3) is 0 Å². The standard InChI is InChI=1S/C24H32N2O5/c1-15(2)12-19(26-22(27)17-8-6-7-9-18(17)23(26)28)24(29)25(3)14-16-10-11-20(30-4)21(13-16)31-5/h6-7,10-11,13,15,17-19H,8-9,12,14H2,1-5H3. The Kier molecular flexibility index (Phi) is 7.03. The van der Waals surface area contributed by atoms with Crippen LogP contribution in [-0.2, 0) is 20.9 Å². The quantitative estimate of drug-likeness (QED) is 0.470. The number of ether oxygens (including phenoxy) is 2. The van der Waals surface area contributed by atoms with Gasteiger partial charge in [-0.25, -0.2) is 0 Å². The molecule has 3 atom stereocenters. The lowest BCUT2D eigenvalue weighted by molar-refractivity contribution is -0.152. The van der Waals surface area contributed by atoms with Crippen LogP contribution in [-0.4, -0.2) is 54.8 Å². The van der Waals surface area contributed by atoms with Gasteiger partial charge >= 0.3 is 0 Å². The number of nitrogens with zero attached hydrogens (tertiary/aromatic N) is 2. The summed E-state index contributed by atoms with van der Waals surface area (Å²) in [6.45, 7) is 4.32. The second-order valence-corrected chi connectivity index (χ2v) is 8.73. The van der Waals surface area contributed by atoms with Crippen LogP contribution in [0.2, 0.25) is 0 Å². The molecule has 1 saturated heterocycles. The van der Waals surface area contributed by atoms with Gasteiger partial charge in [0.25, 0.3) is 0 Å². The highest BCUT2D eigenvalue weighted by atomic mass is 16.5. The second-order valence-electron chi connectivity index (χ2n) is 8.73. The SMILES string of the molecule is COc1ccc(CN(C)C(=O)C(CC(C)C)N2C(=O)C3CC=CCC3C2=O)cc1OC. The minimum atomic E-state index is -0.782. The number of amides is 3. The molecule has 0 saturated carbocycles. The number of fused-ring (bicyclic) bond motifs is 1. The smallest absolute Gasteiger partial charge is 0.245 e. The van der Waals surface area contributed by atoms with E-state index in [4.69, 9.17) is 9.47 Å². The van der Waals surface area contributed by atoms with Crippen molar-refractivity contribution in [3.63, 3.8) is 0 Å². The summed E-state index contributed by atoms with van der Waals surface area (Å²) in [5.74, 6) is 0.0352. The minimum absolute atomic E-state index is 0.157. The maximum absolute atomic E-state index is 13.5. The third-order valence-corrected chi connectivity index (χ3v) is 6.08. The molecule has 1 aromatic carbocycles. The maximum Gasteiger partial charge on any atom is 0.245 e. The van der Waals surface area contributed by atoms with Crippen LogP contribution in [0.1, 0.15) is 38.7 Å². The van der Waals surface area contributed by atoms with Gasteiger partial charge in [0.1, 0.15) is 6.04 Å². The molecule has 0 radical (unpaired) electrons. The van der Waals surface area contributed by atoms with E-state index in [1.165, 1.54) is 4.90 Å². The van der Waals surface area contributed by atoms with E-state index in [1.54, 1.807) is 32.2 Å². The number of hydrogen-bond donors (Lipinski definition) is 0. The Balaban J connectivity index is 1.81. The van der Waals surface area contributed by atoms with Crippen molar-refractivity contribution in [1.29, 1.82) is 0 Å². The molecule has 1 heterocycles. The number of methoxy groups -OCH3 is 2. The van der Waals surface area contributed by atoms with Gasteiger partial charge in [0.05, 0.1) is 26.1 Å². The fourth-order valence-corrected chi connectivity index (χ4v) is 4.48. The van der Waals surface area contributed by atoms with Crippen molar-refractivity contribution in [2.45, 2.75) is 45.7 Å². The van der Waals surface area contributed by atoms with Gasteiger partial charge in [0.15, 0.2) is 11.5 Å². The molecule has 0 N–H and O–H groups in total. The molecule has 1 aliphatic carbocycles. The molecule has 0 aromatic heterocycles. The van der Waals surface area contributed by atoms with Gasteiger partial charge in [-0.3, -0.25) is 19.3 Å². The molecule has 1 aliphatic heterocycles. The topological polar surface area (TPSA) is 76.2 Å². The number of rotatable bonds is 8. The first-order valence-electron chi connectivity index (χ1n) is 10.8. The maximum atomic E-state index is 13.5. The zero-order valence-corrected chi connectivity index (χ0v) is 19.0. The molecule has 1 fully saturated rings. The lowest BCUT2D eigenvalue weighted by atomic mass is 9.85. The highest BCUT2D eigenvalue weighted by Crippen LogP contribution is 2.37. The lowest BCUT2D eigenvalue weighted by Gasteiger charge is -2.31. The van der Waals surface area contributed by atoms with Crippen molar-refractivity contribution < 1.29 is 23.9 Å². The third kappa shape index (κ3) is 4.60. The van der Waals surface area contributed by atoms with Crippen molar-refractivity contribution in [3.05, 3.63) is 35.9 Å². The van der Waals surface area contributed by atoms with Gasteiger partial charge in [-0.05, 0) is 42.9 Å². The van der Waals surface area contributed by atoms with Crippen LogP contribution in [0.5, 0.6) is 11.5 Å². The largest absolute Gasteiger partial charge is 0.493 e. The molecule has 31 heavy (non-hydrogen) atoms. The van der Waals surface area contributed by atoms with E-state index in [1.807, 2.05) is 38.1 Å². The summed E-state index contributed by atoms with van der Waals surface area (Å²) in [5.41, 5.74) is 0.869. The van der Waals surface area contributed by atoms with Crippen LogP contribution in [0, 0.1) is 17.8 Å². The van der Waals surface area contributed by atoms with Crippen molar-refractivity contribution in [2.24, 2.45) is 17.8 Å². The third-order valence-electron chi connectivity index (χ3n) is 6.08. The summed E-state index contributed by atoms with van der Waals surface area (Å²) in [7, 11) is 4.83. The Morgan fingerprint density at radius 1 is 1.06 bits per heavy atom. The van der Waals surface area contributed by atoms with Crippen LogP contribution >= 0.6 is 0 Å². The normalized spacial score (nSPS) is 21.3. The molecule has 3 rings (SSSR count). The molecule has 2 aliphatic rings. The summed E-state index contributed by atoms with van der Waals surface area (Å²) >= 11 is 0. The number of carbonyl (C=O) groups excluding carboxylic acids is 3. The lowest BCUT2D eigenvalue weighted by Crippen LogP contribution is -2.50. The van der Waals surface area contributed by atoms with E-state index in [0.29, 0.717) is 37.3 Å². The first kappa shape index (κ1) is 22.8. The van der Waals surface area contributed by atoms with Crippen LogP contribution in [0.4, 0.5) is 0 Å². The first-order valence-corrected chi connectivity index (χ1v) is 10.8. The molecule has 0 spiro atoms. The number of imide groups is 1. The van der Waals surface area contributed by atoms with E-state index in [2.05, 4.69) is 0 Å². The minimum Gasteiger partial charge on any atom is -0.493 e. The average Bonchev–Trinajstić information content (AvgIpc) is 3.01. The molecule has 3 unspecified atom stereocenters. The van der Waals surface area contributed by atoms with Gasteiger partial charge in [-0.2, -0.15) is 0 Å². The van der Waals surface area contributed by atoms with Crippen molar-refractivity contribution >= 4 is 17.7 Å². The molecule has 1 aromatic rings. The average molecular weight is 429 g/mol. The monoisotopic (exact) mass is 428 g/mol. The summed E-state index contributed by atoms with van der Waals surface area (Å²) in [6.07, 6.45) is 5.49. The van der Waals surface area contributed by atoms with Gasteiger partial charge in [-0.1, -0.05) is 32.1 Å². The molecule has 0 bridgehead atoms. The van der Waals surface area contributed by atoms with E-state index >= 15 is 0 Å². The Hall–Kier alpha value is -2.83. The van der Waals surface area contributed by atoms with Gasteiger partial charge in [0, 0.05) is 13.6 Å². The van der Waals surface area contributed by atoms with Gasteiger partial charge < -0.3 is 14.4 Å². The number of allylic oxidation sites excluding steroid dienone is 2. The molecule has 3 amide bonds. The van der Waals surface area contributed by atoms with Crippen molar-refractivity contribution in [1.82, 2.24) is 9.80 Å². The molecule has 7 heteroatoms. The molecular formula is C24H32N2O5. The Labute approximate surface area is 184 Å². The van der Waals surface area contributed by atoms with Crippen LogP contribution < -0.4 is 9.47 Å². The van der Waals surface area contributed by atoms with Crippen molar-refractivity contribution in [3.8, 4) is 11.5 Å². The molecular weight excluding hydrogens is 396 g/mol. The Morgan fingerprint density at radius 3 is 2.16 bits per heavy atom. The highest BCUT2D eigenvalue weighted by molar-refractivity contribution is 6.08. The fraction of sp³-hybridized carbons (Fsp3) is 0.542. The summed E-state index contributed by atoms with van der Waals surface area (Å²) in [6, 6.07) is 4.71. The van der Waals surface area contributed by atoms with E-state index in [0.717, 1.165) is 5.56 Å². The van der Waals surface area contributed by atoms with Gasteiger partial charge in [0.2, 0.25) is 17.7 Å². The highest BCUT2D eigenvalue weighted by Gasteiger charge is 2.51. The number of hydrogen-bond acceptors (Lipinski definition) is 5. The zero-order valence-electron chi connectivity index (χ0n) is 19.0. The number of likely N-dealkylation sites (N-methyl/N-ethyl adjacent to an activating group) is 1. The van der Waals surface area contributed by atoms with Gasteiger partial charge in [-0.15, -0.1) is 0 Å². The van der Waals surface area contributed by atoms with E-state index in [-0.39, 0.29) is 35.5 Å². The predicted octanol–water partition coefficient (Wildman–Crippen LogP) is 3.03. The van der Waals surface area contributed by atoms with Crippen molar-refractivity contribution in [2.75, 3.05) is 21.3 Å². The van der Waals surface area contributed by atoms with Crippen LogP contribution in [0.15, 0.2) is 30.4 Å². The zero-order chi connectivity index (χ0) is 22.7. The first-order chi connectivity index (χ1) is 14.8. The van der Waals surface area contributed by atoms with E-state index in [9.17, 15) is 14.4 Å². The number of benzene rings is 1. The molecule has 168 valence electrons. The summed E-state index contributed by atoms with van der Waals surface area (Å²) in [4.78, 5) is 42.5. The Bertz CT molecular complexity index is 853.